The Labute approximate surface area is 294 Å². The molecule has 0 spiro atoms. The molecule has 0 amide bonds. The van der Waals surface area contributed by atoms with Gasteiger partial charge in [-0.05, 0) is 94.3 Å². The lowest BCUT2D eigenvalue weighted by molar-refractivity contribution is 0.670. The smallest absolute Gasteiger partial charge is 0.143 e. The van der Waals surface area contributed by atoms with Crippen LogP contribution in [0.5, 0.6) is 0 Å². The van der Waals surface area contributed by atoms with Crippen LogP contribution in [0.15, 0.2) is 186 Å². The molecule has 0 saturated carbocycles. The van der Waals surface area contributed by atoms with E-state index in [2.05, 4.69) is 182 Å². The number of rotatable bonds is 3. The Kier molecular flexibility index (Phi) is 6.02. The minimum absolute atomic E-state index is 0.911. The van der Waals surface area contributed by atoms with Crippen LogP contribution in [0.3, 0.4) is 0 Å². The van der Waals surface area contributed by atoms with Gasteiger partial charge in [0.15, 0.2) is 0 Å². The van der Waals surface area contributed by atoms with Gasteiger partial charge in [-0.2, -0.15) is 0 Å². The number of furan rings is 1. The lowest BCUT2D eigenvalue weighted by atomic mass is 9.84. The normalized spacial score (nSPS) is 11.9. The molecule has 0 aliphatic heterocycles. The maximum atomic E-state index is 6.77. The Morgan fingerprint density at radius 2 is 0.745 bits per heavy atom. The molecule has 236 valence electrons. The molecule has 0 aliphatic carbocycles. The van der Waals surface area contributed by atoms with Crippen molar-refractivity contribution < 1.29 is 4.42 Å². The fraction of sp³-hybridized carbons (Fsp3) is 0. The highest BCUT2D eigenvalue weighted by atomic mass is 16.3. The van der Waals surface area contributed by atoms with Gasteiger partial charge in [-0.1, -0.05) is 164 Å². The van der Waals surface area contributed by atoms with E-state index >= 15 is 0 Å². The van der Waals surface area contributed by atoms with Gasteiger partial charge < -0.3 is 4.42 Å². The van der Waals surface area contributed by atoms with Crippen LogP contribution in [0, 0.1) is 0 Å². The predicted octanol–water partition coefficient (Wildman–Crippen LogP) is 14.4. The third-order valence-corrected chi connectivity index (χ3v) is 10.8. The van der Waals surface area contributed by atoms with E-state index in [1.54, 1.807) is 0 Å². The minimum Gasteiger partial charge on any atom is -0.455 e. The molecule has 0 saturated heterocycles. The van der Waals surface area contributed by atoms with Gasteiger partial charge >= 0.3 is 0 Å². The molecule has 10 aromatic carbocycles. The standard InChI is InChI=1S/C50H30O/c1-3-15-35-33(13-1)29-44(38-18-6-5-17-37(35)38)31-25-27-32(28-26-31)47-40-20-7-9-22-42(40)48(43-23-10-8-21-41(43)47)49-36-16-4-2-14-34(36)30-45-39-19-11-12-24-46(39)51-50(45)49/h1-30H. The summed E-state index contributed by atoms with van der Waals surface area (Å²) in [5.41, 5.74) is 9.14. The van der Waals surface area contributed by atoms with Crippen molar-refractivity contribution in [2.75, 3.05) is 0 Å². The molecule has 1 heteroatoms. The molecule has 0 bridgehead atoms. The first-order valence-electron chi connectivity index (χ1n) is 17.6. The zero-order valence-electron chi connectivity index (χ0n) is 27.7. The first kappa shape index (κ1) is 28.2. The summed E-state index contributed by atoms with van der Waals surface area (Å²) in [5.74, 6) is 0. The largest absolute Gasteiger partial charge is 0.455 e. The van der Waals surface area contributed by atoms with Gasteiger partial charge in [0.2, 0.25) is 0 Å². The van der Waals surface area contributed by atoms with Gasteiger partial charge in [-0.15, -0.1) is 0 Å². The molecule has 11 rings (SSSR count). The molecule has 1 heterocycles. The summed E-state index contributed by atoms with van der Waals surface area (Å²) in [6, 6.07) is 66.2. The second-order valence-corrected chi connectivity index (χ2v) is 13.6. The molecule has 0 N–H and O–H groups in total. The third-order valence-electron chi connectivity index (χ3n) is 10.8. The van der Waals surface area contributed by atoms with Crippen molar-refractivity contribution in [3.8, 4) is 33.4 Å². The van der Waals surface area contributed by atoms with E-state index in [1.807, 2.05) is 0 Å². The van der Waals surface area contributed by atoms with Crippen LogP contribution < -0.4 is 0 Å². The van der Waals surface area contributed by atoms with Gasteiger partial charge in [0.05, 0.1) is 0 Å². The second-order valence-electron chi connectivity index (χ2n) is 13.6. The fourth-order valence-corrected chi connectivity index (χ4v) is 8.59. The molecular formula is C50H30O. The summed E-state index contributed by atoms with van der Waals surface area (Å²) in [6.07, 6.45) is 0. The zero-order chi connectivity index (χ0) is 33.5. The van der Waals surface area contributed by atoms with Gasteiger partial charge in [0.1, 0.15) is 11.2 Å². The van der Waals surface area contributed by atoms with Crippen molar-refractivity contribution >= 4 is 75.8 Å². The highest BCUT2D eigenvalue weighted by Gasteiger charge is 2.22. The number of benzene rings is 10. The highest BCUT2D eigenvalue weighted by molar-refractivity contribution is 6.28. The van der Waals surface area contributed by atoms with Crippen molar-refractivity contribution in [3.05, 3.63) is 182 Å². The van der Waals surface area contributed by atoms with E-state index in [4.69, 9.17) is 4.42 Å². The first-order chi connectivity index (χ1) is 25.3. The van der Waals surface area contributed by atoms with Crippen molar-refractivity contribution in [3.63, 3.8) is 0 Å². The molecule has 11 aromatic rings. The monoisotopic (exact) mass is 646 g/mol. The Morgan fingerprint density at radius 1 is 0.275 bits per heavy atom. The maximum Gasteiger partial charge on any atom is 0.143 e. The minimum atomic E-state index is 0.911. The van der Waals surface area contributed by atoms with Crippen LogP contribution in [0.1, 0.15) is 0 Å². The summed E-state index contributed by atoms with van der Waals surface area (Å²) in [6.45, 7) is 0. The summed E-state index contributed by atoms with van der Waals surface area (Å²) in [4.78, 5) is 0. The average molecular weight is 647 g/mol. The van der Waals surface area contributed by atoms with Gasteiger partial charge in [0.25, 0.3) is 0 Å². The summed E-state index contributed by atoms with van der Waals surface area (Å²) < 4.78 is 6.77. The van der Waals surface area contributed by atoms with Crippen LogP contribution in [-0.2, 0) is 0 Å². The van der Waals surface area contributed by atoms with Crippen LogP contribution in [0.25, 0.3) is 109 Å². The lowest BCUT2D eigenvalue weighted by Crippen LogP contribution is -1.92. The van der Waals surface area contributed by atoms with Crippen LogP contribution >= 0.6 is 0 Å². The van der Waals surface area contributed by atoms with Crippen molar-refractivity contribution in [1.29, 1.82) is 0 Å². The van der Waals surface area contributed by atoms with E-state index in [1.165, 1.54) is 81.7 Å². The van der Waals surface area contributed by atoms with Crippen molar-refractivity contribution in [2.24, 2.45) is 0 Å². The second kappa shape index (κ2) is 10.9. The molecule has 0 fully saturated rings. The molecular weight excluding hydrogens is 617 g/mol. The lowest BCUT2D eigenvalue weighted by Gasteiger charge is -2.19. The molecule has 0 aliphatic rings. The summed E-state index contributed by atoms with van der Waals surface area (Å²) in [7, 11) is 0. The van der Waals surface area contributed by atoms with Crippen LogP contribution in [0.2, 0.25) is 0 Å². The molecule has 0 atom stereocenters. The Balaban J connectivity index is 1.19. The predicted molar refractivity (Wildman–Crippen MR) is 218 cm³/mol. The number of fused-ring (bicyclic) bond motifs is 9. The SMILES string of the molecule is c1ccc2c(-c3c4ccccc4c(-c4ccc(-c5cc6ccccc6c6ccccc56)cc4)c4ccccc34)c3oc4ccccc4c3cc2c1. The van der Waals surface area contributed by atoms with E-state index in [-0.39, 0.29) is 0 Å². The Hall–Kier alpha value is -6.70. The molecule has 1 nitrogen and oxygen atoms in total. The number of para-hydroxylation sites is 1. The molecule has 0 radical (unpaired) electrons. The van der Waals surface area contributed by atoms with E-state index < -0.39 is 0 Å². The van der Waals surface area contributed by atoms with E-state index in [0.29, 0.717) is 0 Å². The average Bonchev–Trinajstić information content (AvgIpc) is 3.57. The fourth-order valence-electron chi connectivity index (χ4n) is 8.59. The highest BCUT2D eigenvalue weighted by Crippen LogP contribution is 2.49. The Bertz CT molecular complexity index is 3120. The van der Waals surface area contributed by atoms with Crippen molar-refractivity contribution in [1.82, 2.24) is 0 Å². The molecule has 0 unspecified atom stereocenters. The van der Waals surface area contributed by atoms with E-state index in [9.17, 15) is 0 Å². The van der Waals surface area contributed by atoms with Gasteiger partial charge in [-0.25, -0.2) is 0 Å². The molecule has 51 heavy (non-hydrogen) atoms. The topological polar surface area (TPSA) is 13.1 Å². The number of hydrogen-bond acceptors (Lipinski definition) is 1. The van der Waals surface area contributed by atoms with E-state index in [0.717, 1.165) is 27.5 Å². The summed E-state index contributed by atoms with van der Waals surface area (Å²) in [5, 5.41) is 14.7. The van der Waals surface area contributed by atoms with Crippen molar-refractivity contribution in [2.45, 2.75) is 0 Å². The Morgan fingerprint density at radius 3 is 1.41 bits per heavy atom. The quantitative estimate of drug-likeness (QED) is 0.138. The third kappa shape index (κ3) is 4.16. The first-order valence-corrected chi connectivity index (χ1v) is 17.6. The van der Waals surface area contributed by atoms with Gasteiger partial charge in [0, 0.05) is 21.9 Å². The molecule has 1 aromatic heterocycles. The maximum absolute atomic E-state index is 6.77. The number of hydrogen-bond donors (Lipinski definition) is 0. The van der Waals surface area contributed by atoms with Crippen LogP contribution in [-0.4, -0.2) is 0 Å². The van der Waals surface area contributed by atoms with Crippen LogP contribution in [0.4, 0.5) is 0 Å². The van der Waals surface area contributed by atoms with Gasteiger partial charge in [-0.3, -0.25) is 0 Å². The zero-order valence-corrected chi connectivity index (χ0v) is 27.7. The summed E-state index contributed by atoms with van der Waals surface area (Å²) >= 11 is 0.